The van der Waals surface area contributed by atoms with Gasteiger partial charge in [0.05, 0.1) is 6.04 Å². The molecule has 4 nitrogen and oxygen atoms in total. The Balaban J connectivity index is 1.46. The SMILES string of the molecule is O=C(NC(c1ccccc1)c1ccccc1)NC1CCN2CCCCC12. The largest absolute Gasteiger partial charge is 0.334 e. The lowest BCUT2D eigenvalue weighted by molar-refractivity contribution is 0.178. The van der Waals surface area contributed by atoms with E-state index in [9.17, 15) is 4.79 Å². The third kappa shape index (κ3) is 3.75. The normalized spacial score (nSPS) is 22.8. The van der Waals surface area contributed by atoms with Crippen LogP contribution in [-0.2, 0) is 0 Å². The quantitative estimate of drug-likeness (QED) is 0.884. The highest BCUT2D eigenvalue weighted by molar-refractivity contribution is 5.75. The number of urea groups is 1. The van der Waals surface area contributed by atoms with E-state index in [0.29, 0.717) is 6.04 Å². The van der Waals surface area contributed by atoms with E-state index in [1.807, 2.05) is 36.4 Å². The lowest BCUT2D eigenvalue weighted by Gasteiger charge is -2.32. The molecule has 0 saturated carbocycles. The van der Waals surface area contributed by atoms with Crippen LogP contribution in [0.3, 0.4) is 0 Å². The first kappa shape index (κ1) is 17.1. The molecule has 2 aromatic carbocycles. The fourth-order valence-corrected chi connectivity index (χ4v) is 4.41. The van der Waals surface area contributed by atoms with Gasteiger partial charge in [-0.25, -0.2) is 4.79 Å². The summed E-state index contributed by atoms with van der Waals surface area (Å²) in [6.45, 7) is 2.29. The Labute approximate surface area is 155 Å². The maximum Gasteiger partial charge on any atom is 0.315 e. The van der Waals surface area contributed by atoms with Crippen molar-refractivity contribution >= 4 is 6.03 Å². The van der Waals surface area contributed by atoms with E-state index in [4.69, 9.17) is 0 Å². The molecule has 2 aliphatic rings. The smallest absolute Gasteiger partial charge is 0.315 e. The number of hydrogen-bond donors (Lipinski definition) is 2. The second kappa shape index (κ2) is 7.92. The summed E-state index contributed by atoms with van der Waals surface area (Å²) in [5.41, 5.74) is 2.19. The summed E-state index contributed by atoms with van der Waals surface area (Å²) in [7, 11) is 0. The van der Waals surface area contributed by atoms with Crippen molar-refractivity contribution in [1.29, 1.82) is 0 Å². The number of rotatable bonds is 4. The Morgan fingerprint density at radius 1 is 0.885 bits per heavy atom. The van der Waals surface area contributed by atoms with Gasteiger partial charge >= 0.3 is 6.03 Å². The van der Waals surface area contributed by atoms with Gasteiger partial charge in [0.15, 0.2) is 0 Å². The molecule has 2 N–H and O–H groups in total. The highest BCUT2D eigenvalue weighted by Gasteiger charge is 2.36. The average molecular weight is 349 g/mol. The maximum absolute atomic E-state index is 12.8. The number of piperidine rings is 1. The standard InChI is InChI=1S/C22H27N3O/c26-22(23-19-14-16-25-15-8-7-13-20(19)25)24-21(17-9-3-1-4-10-17)18-11-5-2-6-12-18/h1-6,9-12,19-21H,7-8,13-16H2,(H2,23,24,26). The lowest BCUT2D eigenvalue weighted by atomic mass is 9.98. The number of fused-ring (bicyclic) bond motifs is 1. The Bertz CT molecular complexity index is 679. The molecule has 4 rings (SSSR count). The van der Waals surface area contributed by atoms with E-state index in [2.05, 4.69) is 39.8 Å². The molecule has 0 aromatic heterocycles. The van der Waals surface area contributed by atoms with Crippen LogP contribution in [0.4, 0.5) is 4.79 Å². The van der Waals surface area contributed by atoms with Crippen LogP contribution in [0.1, 0.15) is 42.9 Å². The molecule has 0 radical (unpaired) electrons. The van der Waals surface area contributed by atoms with Gasteiger partial charge in [0.25, 0.3) is 0 Å². The minimum absolute atomic E-state index is 0.0693. The molecule has 136 valence electrons. The van der Waals surface area contributed by atoms with Gasteiger partial charge in [-0.05, 0) is 36.9 Å². The summed E-state index contributed by atoms with van der Waals surface area (Å²) in [5, 5.41) is 6.46. The van der Waals surface area contributed by atoms with Crippen molar-refractivity contribution in [3.8, 4) is 0 Å². The van der Waals surface area contributed by atoms with E-state index in [1.54, 1.807) is 0 Å². The second-order valence-electron chi connectivity index (χ2n) is 7.37. The zero-order valence-electron chi connectivity index (χ0n) is 15.1. The highest BCUT2D eigenvalue weighted by atomic mass is 16.2. The Kier molecular flexibility index (Phi) is 5.21. The Morgan fingerprint density at radius 3 is 2.19 bits per heavy atom. The first-order valence-corrected chi connectivity index (χ1v) is 9.72. The molecule has 2 fully saturated rings. The number of nitrogens with one attached hydrogen (secondary N) is 2. The topological polar surface area (TPSA) is 44.4 Å². The molecular weight excluding hydrogens is 322 g/mol. The van der Waals surface area contributed by atoms with Crippen molar-refractivity contribution in [2.45, 2.75) is 43.8 Å². The monoisotopic (exact) mass is 349 g/mol. The highest BCUT2D eigenvalue weighted by Crippen LogP contribution is 2.27. The van der Waals surface area contributed by atoms with Crippen LogP contribution < -0.4 is 10.6 Å². The Morgan fingerprint density at radius 2 is 1.54 bits per heavy atom. The molecule has 2 unspecified atom stereocenters. The maximum atomic E-state index is 12.8. The van der Waals surface area contributed by atoms with Crippen LogP contribution in [0.15, 0.2) is 60.7 Å². The van der Waals surface area contributed by atoms with Gasteiger partial charge in [-0.15, -0.1) is 0 Å². The van der Waals surface area contributed by atoms with E-state index in [-0.39, 0.29) is 18.1 Å². The molecule has 26 heavy (non-hydrogen) atoms. The minimum atomic E-state index is -0.138. The number of amides is 2. The third-order valence-corrected chi connectivity index (χ3v) is 5.71. The number of carbonyl (C=O) groups excluding carboxylic acids is 1. The molecule has 2 aromatic rings. The zero-order valence-corrected chi connectivity index (χ0v) is 15.1. The summed E-state index contributed by atoms with van der Waals surface area (Å²) in [6, 6.07) is 20.9. The van der Waals surface area contributed by atoms with Crippen LogP contribution in [-0.4, -0.2) is 36.1 Å². The first-order valence-electron chi connectivity index (χ1n) is 9.72. The van der Waals surface area contributed by atoms with Gasteiger partial charge in [0.2, 0.25) is 0 Å². The van der Waals surface area contributed by atoms with Crippen molar-refractivity contribution in [3.63, 3.8) is 0 Å². The number of benzene rings is 2. The van der Waals surface area contributed by atoms with E-state index < -0.39 is 0 Å². The van der Waals surface area contributed by atoms with Gasteiger partial charge in [0, 0.05) is 18.6 Å². The number of nitrogens with zero attached hydrogens (tertiary/aromatic N) is 1. The number of hydrogen-bond acceptors (Lipinski definition) is 2. The van der Waals surface area contributed by atoms with Gasteiger partial charge in [-0.1, -0.05) is 67.1 Å². The second-order valence-corrected chi connectivity index (χ2v) is 7.37. The van der Waals surface area contributed by atoms with Crippen LogP contribution in [0.25, 0.3) is 0 Å². The van der Waals surface area contributed by atoms with Crippen LogP contribution in [0, 0.1) is 0 Å². The van der Waals surface area contributed by atoms with Crippen LogP contribution in [0.5, 0.6) is 0 Å². The molecular formula is C22H27N3O. The molecule has 2 atom stereocenters. The third-order valence-electron chi connectivity index (χ3n) is 5.71. The molecule has 2 amide bonds. The summed E-state index contributed by atoms with van der Waals surface area (Å²) < 4.78 is 0. The van der Waals surface area contributed by atoms with Gasteiger partial charge in [-0.3, -0.25) is 4.90 Å². The predicted molar refractivity (Wildman–Crippen MR) is 104 cm³/mol. The summed E-state index contributed by atoms with van der Waals surface area (Å²) in [6.07, 6.45) is 4.82. The average Bonchev–Trinajstić information content (AvgIpc) is 3.10. The van der Waals surface area contributed by atoms with Gasteiger partial charge in [0.1, 0.15) is 0 Å². The van der Waals surface area contributed by atoms with E-state index in [0.717, 1.165) is 24.1 Å². The van der Waals surface area contributed by atoms with E-state index >= 15 is 0 Å². The fourth-order valence-electron chi connectivity index (χ4n) is 4.41. The molecule has 0 bridgehead atoms. The molecule has 2 saturated heterocycles. The van der Waals surface area contributed by atoms with Gasteiger partial charge in [-0.2, -0.15) is 0 Å². The van der Waals surface area contributed by atoms with Gasteiger partial charge < -0.3 is 10.6 Å². The molecule has 0 aliphatic carbocycles. The predicted octanol–water partition coefficient (Wildman–Crippen LogP) is 3.70. The molecule has 4 heteroatoms. The van der Waals surface area contributed by atoms with Crippen molar-refractivity contribution in [2.75, 3.05) is 13.1 Å². The molecule has 2 aliphatic heterocycles. The summed E-state index contributed by atoms with van der Waals surface area (Å²) in [4.78, 5) is 15.3. The summed E-state index contributed by atoms with van der Waals surface area (Å²) >= 11 is 0. The van der Waals surface area contributed by atoms with Crippen LogP contribution >= 0.6 is 0 Å². The van der Waals surface area contributed by atoms with Crippen molar-refractivity contribution in [1.82, 2.24) is 15.5 Å². The van der Waals surface area contributed by atoms with Crippen LogP contribution in [0.2, 0.25) is 0 Å². The fraction of sp³-hybridized carbons (Fsp3) is 0.409. The molecule has 2 heterocycles. The molecule has 0 spiro atoms. The minimum Gasteiger partial charge on any atom is -0.334 e. The first-order chi connectivity index (χ1) is 12.8. The van der Waals surface area contributed by atoms with E-state index in [1.165, 1.54) is 25.8 Å². The lowest BCUT2D eigenvalue weighted by Crippen LogP contribution is -2.50. The van der Waals surface area contributed by atoms with Crippen molar-refractivity contribution in [3.05, 3.63) is 71.8 Å². The summed E-state index contributed by atoms with van der Waals surface area (Å²) in [5.74, 6) is 0. The van der Waals surface area contributed by atoms with Crippen molar-refractivity contribution < 1.29 is 4.79 Å². The zero-order chi connectivity index (χ0) is 17.8. The van der Waals surface area contributed by atoms with Crippen molar-refractivity contribution in [2.24, 2.45) is 0 Å². The Hall–Kier alpha value is -2.33. The number of carbonyl (C=O) groups is 1.